The predicted molar refractivity (Wildman–Crippen MR) is 126 cm³/mol. The standard InChI is InChI=1S/C29H19F2N/c30-25-14-15-27(31)26(19-25)23-13-7-12-22(16-23)24-17-28(20-8-3-1-4-9-20)32-29(18-24)21-10-5-2-6-11-21/h1-19H. The first kappa shape index (κ1) is 19.8. The minimum absolute atomic E-state index is 0.243. The molecule has 0 bridgehead atoms. The molecule has 0 N–H and O–H groups in total. The van der Waals surface area contributed by atoms with Gasteiger partial charge in [-0.05, 0) is 53.1 Å². The van der Waals surface area contributed by atoms with Crippen molar-refractivity contribution in [1.29, 1.82) is 0 Å². The van der Waals surface area contributed by atoms with E-state index in [0.29, 0.717) is 5.56 Å². The van der Waals surface area contributed by atoms with Crippen molar-refractivity contribution in [3.63, 3.8) is 0 Å². The zero-order valence-electron chi connectivity index (χ0n) is 17.2. The van der Waals surface area contributed by atoms with Gasteiger partial charge in [-0.15, -0.1) is 0 Å². The van der Waals surface area contributed by atoms with Crippen LogP contribution in [0.1, 0.15) is 0 Å². The van der Waals surface area contributed by atoms with Gasteiger partial charge in [0, 0.05) is 16.7 Å². The first-order valence-electron chi connectivity index (χ1n) is 10.4. The van der Waals surface area contributed by atoms with Crippen LogP contribution < -0.4 is 0 Å². The fraction of sp³-hybridized carbons (Fsp3) is 0. The molecule has 0 saturated carbocycles. The second-order valence-electron chi connectivity index (χ2n) is 7.56. The minimum Gasteiger partial charge on any atom is -0.248 e. The fourth-order valence-electron chi connectivity index (χ4n) is 3.80. The molecule has 0 amide bonds. The number of benzene rings is 4. The number of nitrogens with zero attached hydrogens (tertiary/aromatic N) is 1. The maximum Gasteiger partial charge on any atom is 0.131 e. The first-order valence-corrected chi connectivity index (χ1v) is 10.4. The molecule has 1 aromatic heterocycles. The molecule has 0 aliphatic rings. The number of halogens is 2. The lowest BCUT2D eigenvalue weighted by Crippen LogP contribution is -1.92. The quantitative estimate of drug-likeness (QED) is 0.287. The van der Waals surface area contributed by atoms with E-state index in [0.717, 1.165) is 45.8 Å². The number of rotatable bonds is 4. The van der Waals surface area contributed by atoms with Gasteiger partial charge in [-0.3, -0.25) is 0 Å². The molecule has 1 heterocycles. The third kappa shape index (κ3) is 4.06. The summed E-state index contributed by atoms with van der Waals surface area (Å²) < 4.78 is 28.1. The van der Waals surface area contributed by atoms with Crippen LogP contribution in [0, 0.1) is 11.6 Å². The van der Waals surface area contributed by atoms with Crippen LogP contribution >= 0.6 is 0 Å². The number of pyridine rings is 1. The molecule has 0 aliphatic carbocycles. The molecule has 5 aromatic rings. The molecule has 0 saturated heterocycles. The van der Waals surface area contributed by atoms with Crippen molar-refractivity contribution in [3.8, 4) is 44.8 Å². The van der Waals surface area contributed by atoms with Crippen molar-refractivity contribution in [2.45, 2.75) is 0 Å². The van der Waals surface area contributed by atoms with Crippen molar-refractivity contribution < 1.29 is 8.78 Å². The summed E-state index contributed by atoms with van der Waals surface area (Å²) in [6.45, 7) is 0. The maximum atomic E-state index is 14.4. The topological polar surface area (TPSA) is 12.9 Å². The van der Waals surface area contributed by atoms with E-state index < -0.39 is 11.6 Å². The largest absolute Gasteiger partial charge is 0.248 e. The van der Waals surface area contributed by atoms with Gasteiger partial charge in [-0.1, -0.05) is 78.9 Å². The van der Waals surface area contributed by atoms with Gasteiger partial charge in [0.25, 0.3) is 0 Å². The van der Waals surface area contributed by atoms with Crippen LogP contribution in [0.25, 0.3) is 44.8 Å². The third-order valence-corrected chi connectivity index (χ3v) is 5.40. The summed E-state index contributed by atoms with van der Waals surface area (Å²) in [4.78, 5) is 4.90. The van der Waals surface area contributed by atoms with E-state index in [2.05, 4.69) is 0 Å². The lowest BCUT2D eigenvalue weighted by Gasteiger charge is -2.12. The summed E-state index contributed by atoms with van der Waals surface area (Å²) in [5, 5.41) is 0. The smallest absolute Gasteiger partial charge is 0.131 e. The SMILES string of the molecule is Fc1ccc(F)c(-c2cccc(-c3cc(-c4ccccc4)nc(-c4ccccc4)c3)c2)c1. The number of hydrogen-bond acceptors (Lipinski definition) is 1. The van der Waals surface area contributed by atoms with E-state index in [1.54, 1.807) is 6.07 Å². The normalized spacial score (nSPS) is 10.8. The van der Waals surface area contributed by atoms with E-state index in [1.165, 1.54) is 6.07 Å². The van der Waals surface area contributed by atoms with Crippen molar-refractivity contribution in [3.05, 3.63) is 127 Å². The molecule has 4 aromatic carbocycles. The highest BCUT2D eigenvalue weighted by atomic mass is 19.1. The number of aromatic nitrogens is 1. The van der Waals surface area contributed by atoms with Crippen molar-refractivity contribution in [1.82, 2.24) is 4.98 Å². The Morgan fingerprint density at radius 2 is 1.00 bits per heavy atom. The number of hydrogen-bond donors (Lipinski definition) is 0. The average molecular weight is 419 g/mol. The molecule has 0 aliphatic heterocycles. The molecular weight excluding hydrogens is 400 g/mol. The van der Waals surface area contributed by atoms with Crippen LogP contribution in [0.4, 0.5) is 8.78 Å². The van der Waals surface area contributed by atoms with Crippen LogP contribution in [0.5, 0.6) is 0 Å². The average Bonchev–Trinajstić information content (AvgIpc) is 2.86. The van der Waals surface area contributed by atoms with Gasteiger partial charge in [0.05, 0.1) is 11.4 Å². The molecule has 32 heavy (non-hydrogen) atoms. The van der Waals surface area contributed by atoms with Crippen LogP contribution in [0.15, 0.2) is 115 Å². The highest BCUT2D eigenvalue weighted by Gasteiger charge is 2.11. The Hall–Kier alpha value is -4.11. The summed E-state index contributed by atoms with van der Waals surface area (Å²) in [6, 6.07) is 35.1. The van der Waals surface area contributed by atoms with Gasteiger partial charge in [0.15, 0.2) is 0 Å². The van der Waals surface area contributed by atoms with Gasteiger partial charge in [-0.2, -0.15) is 0 Å². The summed E-state index contributed by atoms with van der Waals surface area (Å²) in [5.41, 5.74) is 6.46. The third-order valence-electron chi connectivity index (χ3n) is 5.40. The molecule has 5 rings (SSSR count). The summed E-state index contributed by atoms with van der Waals surface area (Å²) in [6.07, 6.45) is 0. The van der Waals surface area contributed by atoms with Gasteiger partial charge in [0.1, 0.15) is 11.6 Å². The summed E-state index contributed by atoms with van der Waals surface area (Å²) in [7, 11) is 0. The van der Waals surface area contributed by atoms with E-state index in [1.807, 2.05) is 91.0 Å². The fourth-order valence-corrected chi connectivity index (χ4v) is 3.80. The van der Waals surface area contributed by atoms with Crippen molar-refractivity contribution in [2.75, 3.05) is 0 Å². The van der Waals surface area contributed by atoms with Crippen LogP contribution in [0.2, 0.25) is 0 Å². The molecule has 154 valence electrons. The van der Waals surface area contributed by atoms with Crippen LogP contribution in [0.3, 0.4) is 0 Å². The summed E-state index contributed by atoms with van der Waals surface area (Å²) in [5.74, 6) is -0.915. The molecule has 0 spiro atoms. The Balaban J connectivity index is 1.67. The van der Waals surface area contributed by atoms with Gasteiger partial charge < -0.3 is 0 Å². The molecule has 0 atom stereocenters. The van der Waals surface area contributed by atoms with Gasteiger partial charge in [-0.25, -0.2) is 13.8 Å². The van der Waals surface area contributed by atoms with Crippen molar-refractivity contribution >= 4 is 0 Å². The minimum atomic E-state index is -0.464. The Kier molecular flexibility index (Phi) is 5.30. The predicted octanol–water partition coefficient (Wildman–Crippen LogP) is 8.03. The maximum absolute atomic E-state index is 14.4. The monoisotopic (exact) mass is 419 g/mol. The second kappa shape index (κ2) is 8.56. The highest BCUT2D eigenvalue weighted by molar-refractivity contribution is 5.79. The van der Waals surface area contributed by atoms with Gasteiger partial charge >= 0.3 is 0 Å². The summed E-state index contributed by atoms with van der Waals surface area (Å²) >= 11 is 0. The Bertz CT molecular complexity index is 1320. The second-order valence-corrected chi connectivity index (χ2v) is 7.56. The van der Waals surface area contributed by atoms with Crippen LogP contribution in [-0.4, -0.2) is 4.98 Å². The Morgan fingerprint density at radius 1 is 0.438 bits per heavy atom. The zero-order valence-corrected chi connectivity index (χ0v) is 17.2. The van der Waals surface area contributed by atoms with E-state index >= 15 is 0 Å². The highest BCUT2D eigenvalue weighted by Crippen LogP contribution is 2.33. The van der Waals surface area contributed by atoms with Crippen molar-refractivity contribution in [2.24, 2.45) is 0 Å². The molecule has 0 fully saturated rings. The van der Waals surface area contributed by atoms with Gasteiger partial charge in [0.2, 0.25) is 0 Å². The van der Waals surface area contributed by atoms with E-state index in [9.17, 15) is 8.78 Å². The van der Waals surface area contributed by atoms with E-state index in [4.69, 9.17) is 4.98 Å². The molecule has 0 radical (unpaired) electrons. The Morgan fingerprint density at radius 3 is 1.62 bits per heavy atom. The molecule has 0 unspecified atom stereocenters. The van der Waals surface area contributed by atoms with E-state index in [-0.39, 0.29) is 5.56 Å². The van der Waals surface area contributed by atoms with Crippen LogP contribution in [-0.2, 0) is 0 Å². The first-order chi connectivity index (χ1) is 15.7. The molecular formula is C29H19F2N. The lowest BCUT2D eigenvalue weighted by molar-refractivity contribution is 0.603. The lowest BCUT2D eigenvalue weighted by atomic mass is 9.96. The Labute approximate surface area is 185 Å². The molecule has 3 heteroatoms. The zero-order chi connectivity index (χ0) is 21.9. The molecule has 1 nitrogen and oxygen atoms in total.